The van der Waals surface area contributed by atoms with Crippen LogP contribution in [0.25, 0.3) is 0 Å². The Labute approximate surface area is 121 Å². The summed E-state index contributed by atoms with van der Waals surface area (Å²) in [7, 11) is 0. The number of hydroxylamine groups is 2. The van der Waals surface area contributed by atoms with E-state index in [0.717, 1.165) is 5.06 Å². The fraction of sp³-hybridized carbons (Fsp3) is 0.125. The molecule has 1 aliphatic rings. The SMILES string of the molecule is O=C1c2ccccc2C(=O)N1OCCc1ccccc1O. The van der Waals surface area contributed by atoms with Gasteiger partial charge in [0.05, 0.1) is 17.7 Å². The van der Waals surface area contributed by atoms with Crippen molar-refractivity contribution in [2.24, 2.45) is 0 Å². The summed E-state index contributed by atoms with van der Waals surface area (Å²) in [5.41, 5.74) is 1.41. The average Bonchev–Trinajstić information content (AvgIpc) is 2.74. The van der Waals surface area contributed by atoms with Crippen molar-refractivity contribution in [1.29, 1.82) is 0 Å². The molecule has 2 aromatic carbocycles. The number of hydrogen-bond acceptors (Lipinski definition) is 4. The first-order chi connectivity index (χ1) is 10.2. The zero-order valence-corrected chi connectivity index (χ0v) is 11.2. The molecule has 1 N–H and O–H groups in total. The minimum atomic E-state index is -0.451. The number of hydrogen-bond donors (Lipinski definition) is 1. The lowest BCUT2D eigenvalue weighted by atomic mass is 10.1. The van der Waals surface area contributed by atoms with E-state index in [2.05, 4.69) is 0 Å². The molecule has 0 aromatic heterocycles. The van der Waals surface area contributed by atoms with Gasteiger partial charge in [0, 0.05) is 6.42 Å². The Bertz CT molecular complexity index is 676. The van der Waals surface area contributed by atoms with E-state index in [9.17, 15) is 14.7 Å². The van der Waals surface area contributed by atoms with E-state index in [4.69, 9.17) is 4.84 Å². The van der Waals surface area contributed by atoms with Crippen LogP contribution in [0, 0.1) is 0 Å². The van der Waals surface area contributed by atoms with Crippen LogP contribution in [-0.4, -0.2) is 28.6 Å². The van der Waals surface area contributed by atoms with E-state index in [-0.39, 0.29) is 12.4 Å². The van der Waals surface area contributed by atoms with Gasteiger partial charge >= 0.3 is 0 Å². The van der Waals surface area contributed by atoms with Crippen LogP contribution < -0.4 is 0 Å². The number of benzene rings is 2. The molecule has 0 atom stereocenters. The molecule has 1 aliphatic heterocycles. The molecule has 0 spiro atoms. The van der Waals surface area contributed by atoms with Crippen LogP contribution in [0.15, 0.2) is 48.5 Å². The van der Waals surface area contributed by atoms with Crippen LogP contribution in [0.2, 0.25) is 0 Å². The van der Waals surface area contributed by atoms with Gasteiger partial charge in [-0.3, -0.25) is 14.4 Å². The Morgan fingerprint density at radius 1 is 0.905 bits per heavy atom. The van der Waals surface area contributed by atoms with Gasteiger partial charge < -0.3 is 5.11 Å². The molecular weight excluding hydrogens is 270 g/mol. The van der Waals surface area contributed by atoms with Crippen molar-refractivity contribution in [2.75, 3.05) is 6.61 Å². The average molecular weight is 283 g/mol. The Kier molecular flexibility index (Phi) is 3.41. The van der Waals surface area contributed by atoms with Crippen molar-refractivity contribution < 1.29 is 19.5 Å². The highest BCUT2D eigenvalue weighted by Gasteiger charge is 2.36. The number of phenols is 1. The van der Waals surface area contributed by atoms with Crippen molar-refractivity contribution in [3.8, 4) is 5.75 Å². The highest BCUT2D eigenvalue weighted by Crippen LogP contribution is 2.23. The van der Waals surface area contributed by atoms with Gasteiger partial charge in [-0.1, -0.05) is 30.3 Å². The summed E-state index contributed by atoms with van der Waals surface area (Å²) in [6.45, 7) is 0.128. The van der Waals surface area contributed by atoms with Crippen LogP contribution in [0.5, 0.6) is 5.75 Å². The van der Waals surface area contributed by atoms with Gasteiger partial charge in [0.1, 0.15) is 5.75 Å². The van der Waals surface area contributed by atoms with Crippen LogP contribution in [-0.2, 0) is 11.3 Å². The molecule has 5 nitrogen and oxygen atoms in total. The lowest BCUT2D eigenvalue weighted by Crippen LogP contribution is -2.30. The Hall–Kier alpha value is -2.66. The highest BCUT2D eigenvalue weighted by molar-refractivity contribution is 6.20. The van der Waals surface area contributed by atoms with Crippen molar-refractivity contribution in [3.63, 3.8) is 0 Å². The zero-order valence-electron chi connectivity index (χ0n) is 11.2. The van der Waals surface area contributed by atoms with E-state index in [1.165, 1.54) is 0 Å². The molecule has 0 unspecified atom stereocenters. The predicted molar refractivity (Wildman–Crippen MR) is 74.7 cm³/mol. The summed E-state index contributed by atoms with van der Waals surface area (Å²) in [5, 5.41) is 10.4. The first kappa shape index (κ1) is 13.3. The quantitative estimate of drug-likeness (QED) is 0.873. The highest BCUT2D eigenvalue weighted by atomic mass is 16.7. The summed E-state index contributed by atoms with van der Waals surface area (Å²) in [6, 6.07) is 13.5. The molecule has 2 aromatic rings. The first-order valence-electron chi connectivity index (χ1n) is 6.56. The third-order valence-electron chi connectivity index (χ3n) is 3.34. The summed E-state index contributed by atoms with van der Waals surface area (Å²) in [6.07, 6.45) is 0.403. The van der Waals surface area contributed by atoms with Crippen molar-refractivity contribution in [2.45, 2.75) is 6.42 Å². The first-order valence-corrected chi connectivity index (χ1v) is 6.56. The number of carbonyl (C=O) groups excluding carboxylic acids is 2. The second-order valence-corrected chi connectivity index (χ2v) is 4.66. The maximum atomic E-state index is 12.0. The summed E-state index contributed by atoms with van der Waals surface area (Å²) >= 11 is 0. The normalized spacial score (nSPS) is 13.6. The minimum Gasteiger partial charge on any atom is -0.508 e. The monoisotopic (exact) mass is 283 g/mol. The third-order valence-corrected chi connectivity index (χ3v) is 3.34. The number of nitrogens with zero attached hydrogens (tertiary/aromatic N) is 1. The van der Waals surface area contributed by atoms with Gasteiger partial charge in [-0.15, -0.1) is 5.06 Å². The lowest BCUT2D eigenvalue weighted by molar-refractivity contribution is -0.0902. The number of aromatic hydroxyl groups is 1. The number of imide groups is 1. The van der Waals surface area contributed by atoms with Crippen molar-refractivity contribution in [3.05, 3.63) is 65.2 Å². The fourth-order valence-corrected chi connectivity index (χ4v) is 2.25. The molecule has 106 valence electrons. The Balaban J connectivity index is 1.66. The molecule has 0 aliphatic carbocycles. The molecule has 0 saturated carbocycles. The second-order valence-electron chi connectivity index (χ2n) is 4.66. The molecule has 0 fully saturated rings. The topological polar surface area (TPSA) is 66.8 Å². The van der Waals surface area contributed by atoms with Gasteiger partial charge in [0.25, 0.3) is 11.8 Å². The van der Waals surface area contributed by atoms with E-state index in [0.29, 0.717) is 23.1 Å². The minimum absolute atomic E-state index is 0.128. The molecule has 5 heteroatoms. The third kappa shape index (κ3) is 2.39. The number of amides is 2. The van der Waals surface area contributed by atoms with Gasteiger partial charge in [-0.25, -0.2) is 0 Å². The Morgan fingerprint density at radius 2 is 1.48 bits per heavy atom. The molecule has 2 amide bonds. The summed E-state index contributed by atoms with van der Waals surface area (Å²) < 4.78 is 0. The molecule has 0 radical (unpaired) electrons. The predicted octanol–water partition coefficient (Wildman–Crippen LogP) is 2.16. The van der Waals surface area contributed by atoms with Gasteiger partial charge in [0.2, 0.25) is 0 Å². The van der Waals surface area contributed by atoms with E-state index in [1.807, 2.05) is 0 Å². The van der Waals surface area contributed by atoms with E-state index >= 15 is 0 Å². The largest absolute Gasteiger partial charge is 0.508 e. The fourth-order valence-electron chi connectivity index (χ4n) is 2.25. The lowest BCUT2D eigenvalue weighted by Gasteiger charge is -2.13. The molecule has 1 heterocycles. The zero-order chi connectivity index (χ0) is 14.8. The summed E-state index contributed by atoms with van der Waals surface area (Å²) in [4.78, 5) is 29.4. The number of para-hydroxylation sites is 1. The number of fused-ring (bicyclic) bond motifs is 1. The molecule has 3 rings (SSSR count). The molecular formula is C16H13NO4. The second kappa shape index (κ2) is 5.38. The van der Waals surface area contributed by atoms with E-state index < -0.39 is 11.8 Å². The Morgan fingerprint density at radius 3 is 2.10 bits per heavy atom. The maximum absolute atomic E-state index is 12.0. The van der Waals surface area contributed by atoms with E-state index in [1.54, 1.807) is 48.5 Å². The smallest absolute Gasteiger partial charge is 0.285 e. The van der Waals surface area contributed by atoms with Crippen LogP contribution in [0.3, 0.4) is 0 Å². The maximum Gasteiger partial charge on any atom is 0.285 e. The van der Waals surface area contributed by atoms with Crippen LogP contribution in [0.4, 0.5) is 0 Å². The molecule has 0 saturated heterocycles. The van der Waals surface area contributed by atoms with Gasteiger partial charge in [0.15, 0.2) is 0 Å². The number of carbonyl (C=O) groups is 2. The van der Waals surface area contributed by atoms with Gasteiger partial charge in [-0.2, -0.15) is 0 Å². The number of phenolic OH excluding ortho intramolecular Hbond substituents is 1. The van der Waals surface area contributed by atoms with Crippen molar-refractivity contribution in [1.82, 2.24) is 5.06 Å². The van der Waals surface area contributed by atoms with Crippen LogP contribution >= 0.6 is 0 Å². The summed E-state index contributed by atoms with van der Waals surface area (Å²) in [5.74, 6) is -0.732. The molecule has 0 bridgehead atoms. The number of rotatable bonds is 4. The molecule has 21 heavy (non-hydrogen) atoms. The van der Waals surface area contributed by atoms with Crippen molar-refractivity contribution >= 4 is 11.8 Å². The standard InChI is InChI=1S/C16H13NO4/c18-14-8-4-1-5-11(14)9-10-21-17-15(19)12-6-2-3-7-13(12)16(17)20/h1-8,18H,9-10H2. The van der Waals surface area contributed by atoms with Gasteiger partial charge in [-0.05, 0) is 23.8 Å². The van der Waals surface area contributed by atoms with Crippen LogP contribution in [0.1, 0.15) is 26.3 Å².